The molecule has 132 valence electrons. The normalized spacial score (nSPS) is 18.2. The summed E-state index contributed by atoms with van der Waals surface area (Å²) in [6.07, 6.45) is 0.451. The summed E-state index contributed by atoms with van der Waals surface area (Å²) in [5, 5.41) is 0. The van der Waals surface area contributed by atoms with Gasteiger partial charge in [-0.1, -0.05) is 12.1 Å². The smallest absolute Gasteiger partial charge is 0.342 e. The maximum atomic E-state index is 12.9. The number of benzene rings is 1. The summed E-state index contributed by atoms with van der Waals surface area (Å²) in [6, 6.07) is 5.07. The van der Waals surface area contributed by atoms with E-state index in [1.54, 1.807) is 17.2 Å². The summed E-state index contributed by atoms with van der Waals surface area (Å²) in [6.45, 7) is 2.83. The van der Waals surface area contributed by atoms with E-state index in [1.165, 1.54) is 19.2 Å². The van der Waals surface area contributed by atoms with Gasteiger partial charge in [-0.3, -0.25) is 9.78 Å². The minimum atomic E-state index is -4.40. The molecule has 0 N–H and O–H groups in total. The fourth-order valence-corrected chi connectivity index (χ4v) is 3.08. The first-order valence-corrected chi connectivity index (χ1v) is 8.09. The van der Waals surface area contributed by atoms with Crippen LogP contribution in [0.4, 0.5) is 13.2 Å². The number of likely N-dealkylation sites (tertiary alicyclic amines) is 1. The van der Waals surface area contributed by atoms with Gasteiger partial charge in [0.1, 0.15) is 0 Å². The average molecular weight is 349 g/mol. The molecule has 0 saturated carbocycles. The van der Waals surface area contributed by atoms with Crippen molar-refractivity contribution in [3.8, 4) is 11.3 Å². The van der Waals surface area contributed by atoms with Crippen LogP contribution in [0.15, 0.2) is 36.7 Å². The molecule has 0 radical (unpaired) electrons. The van der Waals surface area contributed by atoms with Crippen molar-refractivity contribution in [1.29, 1.82) is 0 Å². The van der Waals surface area contributed by atoms with E-state index in [4.69, 9.17) is 0 Å². The van der Waals surface area contributed by atoms with Crippen LogP contribution in [-0.4, -0.2) is 33.9 Å². The highest BCUT2D eigenvalue weighted by Gasteiger charge is 2.30. The molecule has 0 unspecified atom stereocenters. The van der Waals surface area contributed by atoms with Gasteiger partial charge in [-0.15, -0.1) is 0 Å². The molecule has 0 bridgehead atoms. The van der Waals surface area contributed by atoms with Gasteiger partial charge in [0.15, 0.2) is 0 Å². The fourth-order valence-electron chi connectivity index (χ4n) is 3.08. The number of nitrogens with zero attached hydrogens (tertiary/aromatic N) is 3. The fraction of sp³-hybridized carbons (Fsp3) is 0.389. The van der Waals surface area contributed by atoms with Crippen molar-refractivity contribution in [3.63, 3.8) is 0 Å². The minimum Gasteiger partial charge on any atom is -0.342 e. The maximum absolute atomic E-state index is 12.9. The summed E-state index contributed by atoms with van der Waals surface area (Å²) in [5.41, 5.74) is 0.783. The third-order valence-electron chi connectivity index (χ3n) is 4.42. The first kappa shape index (κ1) is 17.4. The summed E-state index contributed by atoms with van der Waals surface area (Å²) < 4.78 is 38.7. The average Bonchev–Trinajstić information content (AvgIpc) is 2.61. The number of hydrogen-bond donors (Lipinski definition) is 0. The number of aromatic nitrogens is 2. The predicted molar refractivity (Wildman–Crippen MR) is 86.7 cm³/mol. The highest BCUT2D eigenvalue weighted by Crippen LogP contribution is 2.32. The van der Waals surface area contributed by atoms with Gasteiger partial charge < -0.3 is 4.90 Å². The number of rotatable bonds is 2. The third kappa shape index (κ3) is 3.97. The Labute approximate surface area is 143 Å². The van der Waals surface area contributed by atoms with Crippen LogP contribution in [0, 0.1) is 0 Å². The number of alkyl halides is 3. The lowest BCUT2D eigenvalue weighted by Crippen LogP contribution is -2.37. The number of carbonyl (C=O) groups excluding carboxylic acids is 1. The van der Waals surface area contributed by atoms with Gasteiger partial charge in [0.2, 0.25) is 5.91 Å². The Kier molecular flexibility index (Phi) is 4.74. The number of halogens is 3. The van der Waals surface area contributed by atoms with Gasteiger partial charge in [0, 0.05) is 37.7 Å². The second kappa shape index (κ2) is 6.82. The number of hydrogen-bond acceptors (Lipinski definition) is 3. The Morgan fingerprint density at radius 1 is 1.28 bits per heavy atom. The van der Waals surface area contributed by atoms with Crippen molar-refractivity contribution >= 4 is 5.91 Å². The molecule has 2 heterocycles. The topological polar surface area (TPSA) is 46.1 Å². The van der Waals surface area contributed by atoms with Gasteiger partial charge >= 0.3 is 6.18 Å². The van der Waals surface area contributed by atoms with Gasteiger partial charge in [-0.2, -0.15) is 13.2 Å². The second-order valence-corrected chi connectivity index (χ2v) is 6.21. The van der Waals surface area contributed by atoms with Crippen molar-refractivity contribution in [2.24, 2.45) is 0 Å². The molecular weight excluding hydrogens is 331 g/mol. The summed E-state index contributed by atoms with van der Waals surface area (Å²) >= 11 is 0. The molecule has 1 aliphatic heterocycles. The molecule has 1 fully saturated rings. The monoisotopic (exact) mass is 349 g/mol. The Morgan fingerprint density at radius 3 is 2.80 bits per heavy atom. The van der Waals surface area contributed by atoms with E-state index in [0.717, 1.165) is 31.5 Å². The molecule has 1 aliphatic rings. The quantitative estimate of drug-likeness (QED) is 0.826. The summed E-state index contributed by atoms with van der Waals surface area (Å²) in [4.78, 5) is 22.0. The highest BCUT2D eigenvalue weighted by molar-refractivity contribution is 5.73. The minimum absolute atomic E-state index is 0.0201. The summed E-state index contributed by atoms with van der Waals surface area (Å²) in [5.74, 6) is 0.0718. The Morgan fingerprint density at radius 2 is 2.08 bits per heavy atom. The lowest BCUT2D eigenvalue weighted by molar-refractivity contribution is -0.137. The molecule has 7 heteroatoms. The van der Waals surface area contributed by atoms with Crippen LogP contribution in [0.25, 0.3) is 11.3 Å². The number of piperidine rings is 1. The van der Waals surface area contributed by atoms with E-state index in [2.05, 4.69) is 9.97 Å². The van der Waals surface area contributed by atoms with Crippen molar-refractivity contribution < 1.29 is 18.0 Å². The predicted octanol–water partition coefficient (Wildman–Crippen LogP) is 3.89. The van der Waals surface area contributed by atoms with E-state index in [0.29, 0.717) is 23.5 Å². The molecule has 25 heavy (non-hydrogen) atoms. The molecule has 2 aromatic rings. The second-order valence-electron chi connectivity index (χ2n) is 6.21. The zero-order chi connectivity index (χ0) is 18.0. The van der Waals surface area contributed by atoms with E-state index in [-0.39, 0.29) is 11.8 Å². The van der Waals surface area contributed by atoms with Crippen molar-refractivity contribution in [2.75, 3.05) is 13.1 Å². The Bertz CT molecular complexity index is 776. The zero-order valence-electron chi connectivity index (χ0n) is 13.8. The lowest BCUT2D eigenvalue weighted by atomic mass is 9.94. The lowest BCUT2D eigenvalue weighted by Gasteiger charge is -2.31. The highest BCUT2D eigenvalue weighted by atomic mass is 19.4. The maximum Gasteiger partial charge on any atom is 0.416 e. The van der Waals surface area contributed by atoms with Crippen molar-refractivity contribution in [3.05, 3.63) is 47.9 Å². The molecule has 4 nitrogen and oxygen atoms in total. The molecule has 1 aromatic carbocycles. The largest absolute Gasteiger partial charge is 0.416 e. The molecule has 1 saturated heterocycles. The SMILES string of the molecule is CC(=O)N1CCC[C@@H](c2cncc(-c3cccc(C(F)(F)F)c3)n2)C1. The Hall–Kier alpha value is -2.44. The van der Waals surface area contributed by atoms with Crippen molar-refractivity contribution in [1.82, 2.24) is 14.9 Å². The van der Waals surface area contributed by atoms with E-state index >= 15 is 0 Å². The van der Waals surface area contributed by atoms with Crippen LogP contribution in [0.1, 0.15) is 36.9 Å². The van der Waals surface area contributed by atoms with E-state index < -0.39 is 11.7 Å². The van der Waals surface area contributed by atoms with Gasteiger partial charge in [0.25, 0.3) is 0 Å². The van der Waals surface area contributed by atoms with Crippen LogP contribution in [-0.2, 0) is 11.0 Å². The van der Waals surface area contributed by atoms with Crippen LogP contribution in [0.3, 0.4) is 0 Å². The zero-order valence-corrected chi connectivity index (χ0v) is 13.8. The van der Waals surface area contributed by atoms with Crippen molar-refractivity contribution in [2.45, 2.75) is 31.9 Å². The number of carbonyl (C=O) groups is 1. The Balaban J connectivity index is 1.88. The summed E-state index contributed by atoms with van der Waals surface area (Å²) in [7, 11) is 0. The van der Waals surface area contributed by atoms with Crippen LogP contribution in [0.5, 0.6) is 0 Å². The molecule has 3 rings (SSSR count). The van der Waals surface area contributed by atoms with Gasteiger partial charge in [-0.05, 0) is 25.0 Å². The first-order chi connectivity index (χ1) is 11.8. The van der Waals surface area contributed by atoms with Crippen LogP contribution >= 0.6 is 0 Å². The molecule has 0 spiro atoms. The first-order valence-electron chi connectivity index (χ1n) is 8.09. The molecule has 1 aromatic heterocycles. The van der Waals surface area contributed by atoms with Crippen LogP contribution in [0.2, 0.25) is 0 Å². The van der Waals surface area contributed by atoms with E-state index in [1.807, 2.05) is 0 Å². The standard InChI is InChI=1S/C18H18F3N3O/c1-12(25)24-7-3-5-14(11-24)17-10-22-9-16(23-17)13-4-2-6-15(8-13)18(19,20)21/h2,4,6,8-10,14H,3,5,7,11H2,1H3/t14-/m1/s1. The molecular formula is C18H18F3N3O. The van der Waals surface area contributed by atoms with Gasteiger partial charge in [-0.25, -0.2) is 4.98 Å². The molecule has 1 amide bonds. The molecule has 0 aliphatic carbocycles. The van der Waals surface area contributed by atoms with E-state index in [9.17, 15) is 18.0 Å². The third-order valence-corrected chi connectivity index (χ3v) is 4.42. The van der Waals surface area contributed by atoms with Crippen LogP contribution < -0.4 is 0 Å². The van der Waals surface area contributed by atoms with Gasteiger partial charge in [0.05, 0.1) is 23.1 Å². The number of amides is 1. The molecule has 1 atom stereocenters.